The van der Waals surface area contributed by atoms with E-state index >= 15 is 0 Å². The van der Waals surface area contributed by atoms with Crippen LogP contribution in [0.15, 0.2) is 28.3 Å². The summed E-state index contributed by atoms with van der Waals surface area (Å²) in [6.07, 6.45) is -6.40. The van der Waals surface area contributed by atoms with Crippen molar-refractivity contribution in [3.8, 4) is 0 Å². The first-order chi connectivity index (χ1) is 35.9. The number of hydrogen-bond donors (Lipinski definition) is 15. The number of rotatable bonds is 13. The molecule has 0 amide bonds. The normalized spacial score (nSPS) is 38.4. The highest BCUT2D eigenvalue weighted by Crippen LogP contribution is 2.32. The number of unbranched alkanes of at least 4 members (excludes halogenated alkanes) is 2. The maximum atomic E-state index is 14.3. The average Bonchev–Trinajstić information content (AvgIpc) is 3.62. The highest BCUT2D eigenvalue weighted by Gasteiger charge is 2.45. The minimum atomic E-state index is -1.59. The van der Waals surface area contributed by atoms with E-state index in [4.69, 9.17) is 25.7 Å². The largest absolute Gasteiger partial charge is 0.461 e. The summed E-state index contributed by atoms with van der Waals surface area (Å²) >= 11 is 0. The van der Waals surface area contributed by atoms with Crippen molar-refractivity contribution in [1.29, 1.82) is 0 Å². The number of aliphatic hydroxyl groups excluding tert-OH is 13. The second-order valence-electron chi connectivity index (χ2n) is 22.6. The van der Waals surface area contributed by atoms with Gasteiger partial charge in [-0.3, -0.25) is 9.79 Å². The molecule has 0 saturated carbocycles. The molecule has 446 valence electrons. The summed E-state index contributed by atoms with van der Waals surface area (Å²) in [6.45, 7) is 11.0. The molecule has 0 bridgehead atoms. The molecule has 2 aliphatic heterocycles. The van der Waals surface area contributed by atoms with Crippen molar-refractivity contribution < 1.29 is 85.4 Å². The molecule has 0 spiro atoms. The van der Waals surface area contributed by atoms with Gasteiger partial charge >= 0.3 is 5.97 Å². The lowest BCUT2D eigenvalue weighted by Gasteiger charge is -2.34. The number of aliphatic imine (C=N–C) groups is 1. The molecular weight excluding hydrogens is 987 g/mol. The van der Waals surface area contributed by atoms with Crippen LogP contribution in [0.2, 0.25) is 0 Å². The Labute approximate surface area is 453 Å². The number of carbonyl (C=O) groups excluding carboxylic acids is 1. The molecule has 0 radical (unpaired) electrons. The molecule has 20 heteroatoms. The summed E-state index contributed by atoms with van der Waals surface area (Å²) in [5.41, 5.74) is 12.4. The van der Waals surface area contributed by atoms with Crippen molar-refractivity contribution in [2.45, 2.75) is 281 Å². The summed E-state index contributed by atoms with van der Waals surface area (Å²) in [5, 5.41) is 141. The van der Waals surface area contributed by atoms with Crippen molar-refractivity contribution in [3.05, 3.63) is 23.3 Å². The smallest absolute Gasteiger partial charge is 0.311 e. The number of carbonyl (C=O) groups is 1. The van der Waals surface area contributed by atoms with Crippen LogP contribution in [0.25, 0.3) is 0 Å². The Morgan fingerprint density at radius 2 is 1.32 bits per heavy atom. The Bertz CT molecular complexity index is 1660. The van der Waals surface area contributed by atoms with Crippen LogP contribution in [0.4, 0.5) is 0 Å². The molecule has 2 aliphatic rings. The van der Waals surface area contributed by atoms with E-state index in [9.17, 15) is 71.2 Å². The molecule has 20 nitrogen and oxygen atoms in total. The highest BCUT2D eigenvalue weighted by atomic mass is 16.7. The first-order valence-corrected chi connectivity index (χ1v) is 28.6. The van der Waals surface area contributed by atoms with Gasteiger partial charge in [0.2, 0.25) is 0 Å². The number of hydrogen-bond acceptors (Lipinski definition) is 18. The monoisotopic (exact) mass is 1090 g/mol. The molecule has 1 saturated heterocycles. The van der Waals surface area contributed by atoms with Gasteiger partial charge in [0.1, 0.15) is 30.5 Å². The third-order valence-corrected chi connectivity index (χ3v) is 15.5. The van der Waals surface area contributed by atoms with E-state index < -0.39 is 122 Å². The van der Waals surface area contributed by atoms with Gasteiger partial charge < -0.3 is 92.1 Å². The first kappa shape index (κ1) is 69.7. The first-order valence-electron chi connectivity index (χ1n) is 28.6. The number of guanidine groups is 1. The third-order valence-electron chi connectivity index (χ3n) is 15.5. The molecule has 2 rings (SSSR count). The fraction of sp³-hybridized carbons (Fsp3) is 0.893. The van der Waals surface area contributed by atoms with Crippen molar-refractivity contribution >= 4 is 11.9 Å². The van der Waals surface area contributed by atoms with E-state index in [1.165, 1.54) is 6.08 Å². The summed E-state index contributed by atoms with van der Waals surface area (Å²) in [7, 11) is 0. The van der Waals surface area contributed by atoms with Crippen LogP contribution in [0.5, 0.6) is 0 Å². The lowest BCUT2D eigenvalue weighted by molar-refractivity contribution is -0.202. The average molecular weight is 1090 g/mol. The second kappa shape index (κ2) is 37.5. The summed E-state index contributed by atoms with van der Waals surface area (Å²) < 4.78 is 17.7. The Morgan fingerprint density at radius 3 is 1.92 bits per heavy atom. The van der Waals surface area contributed by atoms with Crippen LogP contribution in [0, 0.1) is 23.7 Å². The predicted molar refractivity (Wildman–Crippen MR) is 289 cm³/mol. The van der Waals surface area contributed by atoms with Gasteiger partial charge in [-0.25, -0.2) is 0 Å². The van der Waals surface area contributed by atoms with Gasteiger partial charge in [0.05, 0.1) is 73.6 Å². The summed E-state index contributed by atoms with van der Waals surface area (Å²) in [5.74, 6) is -2.64. The highest BCUT2D eigenvalue weighted by molar-refractivity contribution is 5.75. The lowest BCUT2D eigenvalue weighted by atomic mass is 9.83. The zero-order valence-electron chi connectivity index (χ0n) is 46.7. The van der Waals surface area contributed by atoms with Gasteiger partial charge in [0.25, 0.3) is 0 Å². The van der Waals surface area contributed by atoms with Gasteiger partial charge in [-0.05, 0) is 134 Å². The molecular formula is C56H105N3O17. The van der Waals surface area contributed by atoms with E-state index in [-0.39, 0.29) is 49.9 Å². The molecule has 76 heavy (non-hydrogen) atoms. The summed E-state index contributed by atoms with van der Waals surface area (Å²) in [4.78, 5) is 18.3. The molecule has 0 aromatic carbocycles. The number of cyclic esters (lactones) is 1. The van der Waals surface area contributed by atoms with Crippen LogP contribution >= 0.6 is 0 Å². The van der Waals surface area contributed by atoms with E-state index in [2.05, 4.69) is 11.9 Å². The number of esters is 1. The van der Waals surface area contributed by atoms with Gasteiger partial charge in [0.15, 0.2) is 12.2 Å². The van der Waals surface area contributed by atoms with Crippen LogP contribution < -0.4 is 11.5 Å². The summed E-state index contributed by atoms with van der Waals surface area (Å²) in [6, 6.07) is 0. The van der Waals surface area contributed by atoms with E-state index in [0.717, 1.165) is 18.4 Å². The van der Waals surface area contributed by atoms with Gasteiger partial charge in [-0.15, -0.1) is 0 Å². The molecule has 0 aliphatic carbocycles. The van der Waals surface area contributed by atoms with Crippen LogP contribution in [-0.2, 0) is 19.0 Å². The number of aliphatic hydroxyl groups is 13. The van der Waals surface area contributed by atoms with Crippen LogP contribution in [0.1, 0.15) is 183 Å². The Morgan fingerprint density at radius 1 is 0.724 bits per heavy atom. The predicted octanol–water partition coefficient (Wildman–Crippen LogP) is 2.64. The zero-order valence-corrected chi connectivity index (χ0v) is 46.7. The molecule has 1 fully saturated rings. The van der Waals surface area contributed by atoms with E-state index in [1.807, 2.05) is 33.8 Å². The number of ether oxygens (including phenoxy) is 3. The standard InChI is InChI=1S/C56H105N3O17/c1-7-8-9-20-44-50(70)34(3)23-24-39(62)18-12-17-38(61)19-13-21-45(67)35(4)27-48(74-55-52(72)51(71)49(32-60)75-55)47(69)31-43(66)30-42(65)29-41(64)28-40(63)16-11-10-15-33(2)26-36(5)53(76-54(44)73)37(6)46(68)22-14-25-59-56(57)58/h26-27,34,36-53,55,60-72H,7-25,28-32H2,1-6H3,(H4,57,58,59)/b33-26+,35-27+/t34?,36?,37?,38?,39?,40?,41?,42?,43?,44?,45?,46?,47?,48?,49-,50?,51-,52+,53?,55+/m1/s1. The Hall–Kier alpha value is -2.38. The fourth-order valence-electron chi connectivity index (χ4n) is 10.5. The van der Waals surface area contributed by atoms with Gasteiger partial charge in [-0.2, -0.15) is 0 Å². The van der Waals surface area contributed by atoms with Crippen LogP contribution in [-0.4, -0.2) is 189 Å². The van der Waals surface area contributed by atoms with Crippen molar-refractivity contribution in [1.82, 2.24) is 0 Å². The molecule has 17 N–H and O–H groups in total. The lowest BCUT2D eigenvalue weighted by Crippen LogP contribution is -2.42. The number of allylic oxidation sites excluding steroid dienone is 1. The van der Waals surface area contributed by atoms with Gasteiger partial charge in [0, 0.05) is 24.8 Å². The molecule has 16 unspecified atom stereocenters. The topological polar surface area (TPSA) is 372 Å². The zero-order chi connectivity index (χ0) is 57.1. The molecule has 20 atom stereocenters. The number of nitrogens with zero attached hydrogens (tertiary/aromatic N) is 1. The van der Waals surface area contributed by atoms with Crippen LogP contribution in [0.3, 0.4) is 0 Å². The quantitative estimate of drug-likeness (QED) is 0.0414. The van der Waals surface area contributed by atoms with Crippen molar-refractivity contribution in [3.63, 3.8) is 0 Å². The molecule has 2 heterocycles. The minimum absolute atomic E-state index is 0.0264. The SMILES string of the molecule is CCCCCC1C(=O)OC(C(C)C(O)CCCN=C(N)N)C(C)/C=C(\C)CCCCC(O)CC(O)CC(O)CC(O)CC(O)C(O[C@H]2O[C@H](CO)[C@@H](O)[C@@H]2O)/C=C(\C)C(O)CCCC(O)CCCC(O)CCC(C)C1O. The maximum absolute atomic E-state index is 14.3. The van der Waals surface area contributed by atoms with Crippen molar-refractivity contribution in [2.75, 3.05) is 13.2 Å². The van der Waals surface area contributed by atoms with E-state index in [0.29, 0.717) is 108 Å². The second-order valence-corrected chi connectivity index (χ2v) is 22.6. The van der Waals surface area contributed by atoms with E-state index in [1.54, 1.807) is 6.92 Å². The molecule has 0 aromatic rings. The van der Waals surface area contributed by atoms with Crippen molar-refractivity contribution in [2.24, 2.45) is 40.1 Å². The maximum Gasteiger partial charge on any atom is 0.311 e. The molecule has 0 aromatic heterocycles. The Kier molecular flexibility index (Phi) is 34.4. The number of nitrogens with two attached hydrogens (primary N) is 2. The Balaban J connectivity index is 2.35. The fourth-order valence-corrected chi connectivity index (χ4v) is 10.5. The third kappa shape index (κ3) is 26.7. The van der Waals surface area contributed by atoms with Gasteiger partial charge in [-0.1, -0.05) is 71.1 Å². The minimum Gasteiger partial charge on any atom is -0.461 e.